The van der Waals surface area contributed by atoms with E-state index in [0.717, 1.165) is 26.3 Å². The molecule has 1 unspecified atom stereocenters. The van der Waals surface area contributed by atoms with Gasteiger partial charge in [0.1, 0.15) is 5.76 Å². The molecule has 0 bridgehead atoms. The predicted octanol–water partition coefficient (Wildman–Crippen LogP) is 6.65. The van der Waals surface area contributed by atoms with Gasteiger partial charge in [-0.2, -0.15) is 0 Å². The highest BCUT2D eigenvalue weighted by Crippen LogP contribution is 2.17. The Labute approximate surface area is 188 Å². The van der Waals surface area contributed by atoms with E-state index < -0.39 is 8.80 Å². The number of hydrogen-bond donors (Lipinski definition) is 0. The first-order valence-corrected chi connectivity index (χ1v) is 14.7. The molecule has 1 aliphatic heterocycles. The lowest BCUT2D eigenvalue weighted by molar-refractivity contribution is 0.0380. The molecule has 0 N–H and O–H groups in total. The van der Waals surface area contributed by atoms with Crippen molar-refractivity contribution in [2.75, 3.05) is 32.8 Å². The van der Waals surface area contributed by atoms with Crippen molar-refractivity contribution >= 4 is 21.2 Å². The fraction of sp³-hybridized carbons (Fsp3) is 0.833. The first kappa shape index (κ1) is 26.7. The second kappa shape index (κ2) is 18.5. The Morgan fingerprint density at radius 1 is 0.862 bits per heavy atom. The summed E-state index contributed by atoms with van der Waals surface area (Å²) < 4.78 is 11.1. The van der Waals surface area contributed by atoms with Crippen molar-refractivity contribution in [2.24, 2.45) is 0 Å². The molecule has 1 fully saturated rings. The van der Waals surface area contributed by atoms with Crippen LogP contribution in [0.25, 0.3) is 0 Å². The minimum Gasteiger partial charge on any atom is -0.470 e. The standard InChI is InChI=1S/C24H45NO2Si.ClH/c1-2-3-4-5-6-7-8-9-10-11-21-28(23-24-14-12-18-27-24)22-13-15-25-16-19-26-20-17-25;/h12,14,18,28H,2-11,13,15-17,19-23H2,1H3;1H. The van der Waals surface area contributed by atoms with Crippen LogP contribution in [0.5, 0.6) is 0 Å². The molecule has 2 heterocycles. The Morgan fingerprint density at radius 2 is 1.48 bits per heavy atom. The molecule has 170 valence electrons. The van der Waals surface area contributed by atoms with Gasteiger partial charge in [0.05, 0.1) is 19.5 Å². The number of furan rings is 1. The number of ether oxygens (including phenoxy) is 1. The van der Waals surface area contributed by atoms with Gasteiger partial charge in [-0.05, 0) is 31.1 Å². The zero-order valence-electron chi connectivity index (χ0n) is 18.9. The molecule has 5 heteroatoms. The third kappa shape index (κ3) is 13.6. The average molecular weight is 444 g/mol. The molecule has 1 aliphatic rings. The molecule has 2 rings (SSSR count). The first-order chi connectivity index (χ1) is 13.9. The van der Waals surface area contributed by atoms with E-state index in [4.69, 9.17) is 9.15 Å². The third-order valence-corrected chi connectivity index (χ3v) is 9.66. The van der Waals surface area contributed by atoms with E-state index in [0.29, 0.717) is 0 Å². The van der Waals surface area contributed by atoms with Gasteiger partial charge in [0.2, 0.25) is 0 Å². The molecule has 29 heavy (non-hydrogen) atoms. The van der Waals surface area contributed by atoms with E-state index in [1.165, 1.54) is 101 Å². The van der Waals surface area contributed by atoms with E-state index in [-0.39, 0.29) is 12.4 Å². The topological polar surface area (TPSA) is 25.6 Å². The van der Waals surface area contributed by atoms with Gasteiger partial charge in [0.25, 0.3) is 0 Å². The molecular weight excluding hydrogens is 398 g/mol. The van der Waals surface area contributed by atoms with Crippen LogP contribution in [0.3, 0.4) is 0 Å². The molecule has 0 spiro atoms. The molecular formula is C24H46ClNO2Si. The molecule has 3 nitrogen and oxygen atoms in total. The molecule has 1 atom stereocenters. The number of nitrogens with zero attached hydrogens (tertiary/aromatic N) is 1. The van der Waals surface area contributed by atoms with Crippen LogP contribution in [-0.2, 0) is 10.8 Å². The minimum absolute atomic E-state index is 0. The van der Waals surface area contributed by atoms with Crippen molar-refractivity contribution in [3.05, 3.63) is 24.2 Å². The first-order valence-electron chi connectivity index (χ1n) is 12.2. The van der Waals surface area contributed by atoms with Crippen LogP contribution in [0.1, 0.15) is 83.3 Å². The van der Waals surface area contributed by atoms with Crippen LogP contribution in [0.4, 0.5) is 0 Å². The summed E-state index contributed by atoms with van der Waals surface area (Å²) in [6.07, 6.45) is 17.6. The van der Waals surface area contributed by atoms with Crippen LogP contribution in [0.2, 0.25) is 12.1 Å². The van der Waals surface area contributed by atoms with Crippen molar-refractivity contribution in [3.8, 4) is 0 Å². The second-order valence-electron chi connectivity index (χ2n) is 8.72. The average Bonchev–Trinajstić information content (AvgIpc) is 3.23. The zero-order valence-corrected chi connectivity index (χ0v) is 20.9. The van der Waals surface area contributed by atoms with Gasteiger partial charge in [0, 0.05) is 21.9 Å². The Hall–Kier alpha value is -0.293. The monoisotopic (exact) mass is 443 g/mol. The molecule has 1 aromatic rings. The Balaban J connectivity index is 0.00000420. The third-order valence-electron chi connectivity index (χ3n) is 6.23. The summed E-state index contributed by atoms with van der Waals surface area (Å²) >= 11 is 0. The minimum atomic E-state index is -0.728. The SMILES string of the molecule is CCCCCCCCCCCC[SiH](CCCN1CCOCC1)Cc1ccco1.Cl. The predicted molar refractivity (Wildman–Crippen MR) is 130 cm³/mol. The van der Waals surface area contributed by atoms with Gasteiger partial charge in [-0.15, -0.1) is 12.4 Å². The lowest BCUT2D eigenvalue weighted by Gasteiger charge is -2.27. The Bertz CT molecular complexity index is 452. The summed E-state index contributed by atoms with van der Waals surface area (Å²) in [6, 6.07) is 8.46. The lowest BCUT2D eigenvalue weighted by Crippen LogP contribution is -2.37. The smallest absolute Gasteiger partial charge is 0.100 e. The van der Waals surface area contributed by atoms with Gasteiger partial charge in [-0.3, -0.25) is 4.90 Å². The van der Waals surface area contributed by atoms with E-state index in [1.807, 2.05) is 6.26 Å². The van der Waals surface area contributed by atoms with E-state index in [2.05, 4.69) is 24.0 Å². The van der Waals surface area contributed by atoms with Crippen molar-refractivity contribution in [1.82, 2.24) is 4.90 Å². The quantitative estimate of drug-likeness (QED) is 0.199. The highest BCUT2D eigenvalue weighted by molar-refractivity contribution is 6.58. The highest BCUT2D eigenvalue weighted by Gasteiger charge is 2.15. The summed E-state index contributed by atoms with van der Waals surface area (Å²) in [7, 11) is -0.728. The maximum atomic E-state index is 5.67. The number of halogens is 1. The molecule has 0 amide bonds. The normalized spacial score (nSPS) is 15.9. The molecule has 1 saturated heterocycles. The fourth-order valence-electron chi connectivity index (χ4n) is 4.41. The van der Waals surface area contributed by atoms with E-state index in [9.17, 15) is 0 Å². The zero-order chi connectivity index (χ0) is 19.7. The van der Waals surface area contributed by atoms with Crippen molar-refractivity contribution < 1.29 is 9.15 Å². The van der Waals surface area contributed by atoms with Crippen LogP contribution in [-0.4, -0.2) is 46.5 Å². The second-order valence-corrected chi connectivity index (χ2v) is 12.0. The number of unbranched alkanes of at least 4 members (excludes halogenated alkanes) is 9. The van der Waals surface area contributed by atoms with Gasteiger partial charge >= 0.3 is 0 Å². The lowest BCUT2D eigenvalue weighted by atomic mass is 10.1. The molecule has 0 saturated carbocycles. The fourth-order valence-corrected chi connectivity index (χ4v) is 7.53. The van der Waals surface area contributed by atoms with Gasteiger partial charge in [-0.25, -0.2) is 0 Å². The highest BCUT2D eigenvalue weighted by atomic mass is 35.5. The van der Waals surface area contributed by atoms with Crippen molar-refractivity contribution in [2.45, 2.75) is 95.7 Å². The van der Waals surface area contributed by atoms with Gasteiger partial charge in [-0.1, -0.05) is 83.2 Å². The van der Waals surface area contributed by atoms with E-state index in [1.54, 1.807) is 0 Å². The Morgan fingerprint density at radius 3 is 2.10 bits per heavy atom. The maximum absolute atomic E-state index is 5.67. The van der Waals surface area contributed by atoms with Crippen molar-refractivity contribution in [1.29, 1.82) is 0 Å². The summed E-state index contributed by atoms with van der Waals surface area (Å²) in [5.41, 5.74) is 0. The van der Waals surface area contributed by atoms with Crippen LogP contribution < -0.4 is 0 Å². The summed E-state index contributed by atoms with van der Waals surface area (Å²) in [4.78, 5) is 2.59. The number of rotatable bonds is 17. The number of morpholine rings is 1. The summed E-state index contributed by atoms with van der Waals surface area (Å²) in [6.45, 7) is 7.66. The number of hydrogen-bond acceptors (Lipinski definition) is 3. The largest absolute Gasteiger partial charge is 0.470 e. The molecule has 0 aromatic carbocycles. The van der Waals surface area contributed by atoms with Crippen LogP contribution >= 0.6 is 12.4 Å². The van der Waals surface area contributed by atoms with Gasteiger partial charge < -0.3 is 9.15 Å². The summed E-state index contributed by atoms with van der Waals surface area (Å²) in [5, 5.41) is 0. The van der Waals surface area contributed by atoms with Gasteiger partial charge in [0.15, 0.2) is 0 Å². The van der Waals surface area contributed by atoms with Crippen molar-refractivity contribution in [3.63, 3.8) is 0 Å². The summed E-state index contributed by atoms with van der Waals surface area (Å²) in [5.74, 6) is 1.23. The molecule has 0 radical (unpaired) electrons. The Kier molecular flexibility index (Phi) is 17.0. The van der Waals surface area contributed by atoms with Crippen LogP contribution in [0, 0.1) is 0 Å². The maximum Gasteiger partial charge on any atom is 0.100 e. The molecule has 0 aliphatic carbocycles. The van der Waals surface area contributed by atoms with E-state index >= 15 is 0 Å². The molecule has 1 aromatic heterocycles. The van der Waals surface area contributed by atoms with Crippen LogP contribution in [0.15, 0.2) is 22.8 Å².